The fraction of sp³-hybridized carbons (Fsp3) is 0.944. The topological polar surface area (TPSA) is 44.8 Å². The number of carbonyl (C=O) groups is 1. The van der Waals surface area contributed by atoms with Gasteiger partial charge in [0.15, 0.2) is 16.6 Å². The van der Waals surface area contributed by atoms with E-state index in [4.69, 9.17) is 13.6 Å². The molecule has 4 nitrogen and oxygen atoms in total. The van der Waals surface area contributed by atoms with Gasteiger partial charge in [-0.3, -0.25) is 4.79 Å². The number of ether oxygens (including phenoxy) is 1. The lowest BCUT2D eigenvalue weighted by Gasteiger charge is -2.42. The van der Waals surface area contributed by atoms with Crippen LogP contribution in [0.2, 0.25) is 36.3 Å². The van der Waals surface area contributed by atoms with E-state index < -0.39 is 16.6 Å². The van der Waals surface area contributed by atoms with E-state index >= 15 is 0 Å². The fourth-order valence-corrected chi connectivity index (χ4v) is 4.43. The van der Waals surface area contributed by atoms with Gasteiger partial charge in [0.2, 0.25) is 0 Å². The first-order chi connectivity index (χ1) is 10.6. The van der Waals surface area contributed by atoms with Gasteiger partial charge in [0.1, 0.15) is 12.2 Å². The van der Waals surface area contributed by atoms with Gasteiger partial charge in [-0.2, -0.15) is 0 Å². The van der Waals surface area contributed by atoms with Crippen LogP contribution in [-0.4, -0.2) is 41.4 Å². The molecule has 0 amide bonds. The summed E-state index contributed by atoms with van der Waals surface area (Å²) in [6.45, 7) is 22.9. The smallest absolute Gasteiger partial charge is 0.306 e. The van der Waals surface area contributed by atoms with Crippen molar-refractivity contribution < 1.29 is 18.4 Å². The van der Waals surface area contributed by atoms with Crippen LogP contribution in [0.15, 0.2) is 0 Å². The van der Waals surface area contributed by atoms with E-state index in [9.17, 15) is 4.79 Å². The molecule has 0 aliphatic carbocycles. The minimum atomic E-state index is -1.96. The number of hydrogen-bond acceptors (Lipinski definition) is 4. The van der Waals surface area contributed by atoms with Gasteiger partial charge in [-0.15, -0.1) is 0 Å². The number of cyclic esters (lactones) is 1. The summed E-state index contributed by atoms with van der Waals surface area (Å²) in [5.74, 6) is -0.115. The van der Waals surface area contributed by atoms with Crippen molar-refractivity contribution in [2.24, 2.45) is 0 Å². The van der Waals surface area contributed by atoms with Gasteiger partial charge in [0.05, 0.1) is 6.61 Å². The molecule has 0 saturated carbocycles. The van der Waals surface area contributed by atoms with Crippen molar-refractivity contribution in [1.29, 1.82) is 0 Å². The number of carbonyl (C=O) groups excluding carboxylic acids is 1. The number of esters is 1. The largest absolute Gasteiger partial charge is 0.460 e. The molecular formula is C18H38O4Si2. The Morgan fingerprint density at radius 1 is 1.04 bits per heavy atom. The van der Waals surface area contributed by atoms with Gasteiger partial charge >= 0.3 is 5.97 Å². The Hall–Kier alpha value is -0.176. The monoisotopic (exact) mass is 374 g/mol. The maximum atomic E-state index is 11.6. The zero-order valence-corrected chi connectivity index (χ0v) is 19.4. The molecule has 0 radical (unpaired) electrons. The van der Waals surface area contributed by atoms with Gasteiger partial charge in [-0.05, 0) is 42.7 Å². The van der Waals surface area contributed by atoms with Crippen molar-refractivity contribution in [3.8, 4) is 0 Å². The summed E-state index contributed by atoms with van der Waals surface area (Å²) in [4.78, 5) is 11.6. The van der Waals surface area contributed by atoms with Gasteiger partial charge in [0, 0.05) is 6.42 Å². The molecule has 142 valence electrons. The lowest BCUT2D eigenvalue weighted by Crippen LogP contribution is -2.51. The summed E-state index contributed by atoms with van der Waals surface area (Å²) in [5, 5.41) is 0.270. The molecular weight excluding hydrogens is 336 g/mol. The van der Waals surface area contributed by atoms with E-state index in [1.165, 1.54) is 0 Å². The Labute approximate surface area is 150 Å². The highest BCUT2D eigenvalue weighted by Gasteiger charge is 2.44. The molecule has 1 fully saturated rings. The zero-order chi connectivity index (χ0) is 19.0. The highest BCUT2D eigenvalue weighted by atomic mass is 28.4. The molecule has 1 aliphatic rings. The lowest BCUT2D eigenvalue weighted by atomic mass is 10.1. The maximum Gasteiger partial charge on any atom is 0.306 e. The molecule has 0 unspecified atom stereocenters. The van der Waals surface area contributed by atoms with Crippen LogP contribution in [-0.2, 0) is 18.4 Å². The molecule has 1 rings (SSSR count). The Kier molecular flexibility index (Phi) is 6.57. The Balaban J connectivity index is 2.89. The van der Waals surface area contributed by atoms with E-state index in [2.05, 4.69) is 67.7 Å². The molecule has 1 heterocycles. The molecule has 0 N–H and O–H groups in total. The molecule has 2 atom stereocenters. The van der Waals surface area contributed by atoms with E-state index in [1.54, 1.807) is 0 Å². The second-order valence-corrected chi connectivity index (χ2v) is 19.6. The van der Waals surface area contributed by atoms with E-state index in [-0.39, 0.29) is 28.3 Å². The van der Waals surface area contributed by atoms with Gasteiger partial charge < -0.3 is 13.6 Å². The quantitative estimate of drug-likeness (QED) is 0.479. The molecule has 0 spiro atoms. The molecule has 1 aliphatic heterocycles. The van der Waals surface area contributed by atoms with Crippen LogP contribution in [0.1, 0.15) is 54.4 Å². The first kappa shape index (κ1) is 21.9. The van der Waals surface area contributed by atoms with Gasteiger partial charge in [0.25, 0.3) is 0 Å². The summed E-state index contributed by atoms with van der Waals surface area (Å²) in [7, 11) is -3.82. The zero-order valence-electron chi connectivity index (χ0n) is 17.4. The minimum Gasteiger partial charge on any atom is -0.460 e. The van der Waals surface area contributed by atoms with Crippen molar-refractivity contribution in [2.45, 2.75) is 103 Å². The van der Waals surface area contributed by atoms with Crippen LogP contribution in [0.5, 0.6) is 0 Å². The highest BCUT2D eigenvalue weighted by molar-refractivity contribution is 6.74. The summed E-state index contributed by atoms with van der Waals surface area (Å²) in [6, 6.07) is 0. The predicted octanol–water partition coefficient (Wildman–Crippen LogP) is 5.10. The third-order valence-electron chi connectivity index (χ3n) is 6.00. The predicted molar refractivity (Wildman–Crippen MR) is 104 cm³/mol. The Morgan fingerprint density at radius 2 is 1.54 bits per heavy atom. The second-order valence-electron chi connectivity index (χ2n) is 10.1. The van der Waals surface area contributed by atoms with Gasteiger partial charge in [-0.25, -0.2) is 0 Å². The number of rotatable bonds is 6. The highest BCUT2D eigenvalue weighted by Crippen LogP contribution is 2.40. The summed E-state index contributed by atoms with van der Waals surface area (Å²) >= 11 is 0. The summed E-state index contributed by atoms with van der Waals surface area (Å²) in [5.41, 5.74) is 0. The van der Waals surface area contributed by atoms with Crippen LogP contribution in [0, 0.1) is 0 Å². The molecule has 0 aromatic rings. The van der Waals surface area contributed by atoms with Crippen molar-refractivity contribution in [3.63, 3.8) is 0 Å². The first-order valence-corrected chi connectivity index (χ1v) is 14.9. The van der Waals surface area contributed by atoms with Crippen LogP contribution >= 0.6 is 0 Å². The van der Waals surface area contributed by atoms with Gasteiger partial charge in [-0.1, -0.05) is 41.5 Å². The maximum absolute atomic E-state index is 11.6. The van der Waals surface area contributed by atoms with E-state index in [0.717, 1.165) is 6.42 Å². The minimum absolute atomic E-state index is 0.115. The number of hydrogen-bond donors (Lipinski definition) is 0. The molecule has 24 heavy (non-hydrogen) atoms. The van der Waals surface area contributed by atoms with Crippen LogP contribution in [0.25, 0.3) is 0 Å². The average Bonchev–Trinajstić information content (AvgIpc) is 2.78. The lowest BCUT2D eigenvalue weighted by molar-refractivity contribution is -0.145. The fourth-order valence-electron chi connectivity index (χ4n) is 2.09. The standard InChI is InChI=1S/C18H38O4Si2/c1-17(2,3)23(7,8)20-13-15(14-11-12-16(19)21-14)22-24(9,10)18(4,5)6/h14-15H,11-13H2,1-10H3/t14-,15-/m1/s1. The second kappa shape index (κ2) is 7.21. The van der Waals surface area contributed by atoms with Crippen molar-refractivity contribution in [2.75, 3.05) is 6.61 Å². The summed E-state index contributed by atoms with van der Waals surface area (Å²) in [6.07, 6.45) is 0.893. The van der Waals surface area contributed by atoms with Crippen molar-refractivity contribution in [3.05, 3.63) is 0 Å². The molecule has 0 bridgehead atoms. The molecule has 0 aromatic heterocycles. The van der Waals surface area contributed by atoms with E-state index in [0.29, 0.717) is 13.0 Å². The van der Waals surface area contributed by atoms with Crippen molar-refractivity contribution in [1.82, 2.24) is 0 Å². The van der Waals surface area contributed by atoms with Crippen LogP contribution in [0.4, 0.5) is 0 Å². The van der Waals surface area contributed by atoms with Crippen molar-refractivity contribution >= 4 is 22.6 Å². The van der Waals surface area contributed by atoms with Crippen LogP contribution in [0.3, 0.4) is 0 Å². The normalized spacial score (nSPS) is 21.8. The molecule has 0 aromatic carbocycles. The van der Waals surface area contributed by atoms with E-state index in [1.807, 2.05) is 0 Å². The molecule has 6 heteroatoms. The Bertz CT molecular complexity index is 447. The SMILES string of the molecule is CC(C)(C)[Si](C)(C)OC[C@@H](O[Si](C)(C)C(C)(C)C)[C@H]1CCC(=O)O1. The summed E-state index contributed by atoms with van der Waals surface area (Å²) < 4.78 is 18.5. The molecule has 1 saturated heterocycles. The third kappa shape index (κ3) is 5.41. The third-order valence-corrected chi connectivity index (χ3v) is 15.0. The van der Waals surface area contributed by atoms with Crippen LogP contribution < -0.4 is 0 Å². The average molecular weight is 375 g/mol. The Morgan fingerprint density at radius 3 is 1.92 bits per heavy atom. The first-order valence-electron chi connectivity index (χ1n) is 9.08.